The van der Waals surface area contributed by atoms with Crippen LogP contribution in [0.4, 0.5) is 0 Å². The number of ether oxygens (including phenoxy) is 5. The number of fused-ring (bicyclic) bond motifs is 2. The third-order valence-electron chi connectivity index (χ3n) is 4.56. The molecule has 0 radical (unpaired) electrons. The molecule has 2 aliphatic heterocycles. The molecule has 0 aliphatic carbocycles. The van der Waals surface area contributed by atoms with Gasteiger partial charge in [0.1, 0.15) is 17.2 Å². The number of esters is 1. The highest BCUT2D eigenvalue weighted by Gasteiger charge is 2.29. The van der Waals surface area contributed by atoms with Crippen LogP contribution >= 0.6 is 11.6 Å². The average Bonchev–Trinajstić information content (AvgIpc) is 3.02. The zero-order valence-corrected chi connectivity index (χ0v) is 17.2. The fourth-order valence-corrected chi connectivity index (χ4v) is 3.46. The van der Waals surface area contributed by atoms with Crippen LogP contribution in [-0.2, 0) is 20.9 Å². The minimum absolute atomic E-state index is 0.124. The average molecular weight is 431 g/mol. The summed E-state index contributed by atoms with van der Waals surface area (Å²) in [7, 11) is 0. The molecule has 4 rings (SSSR count). The molecule has 1 atom stereocenters. The maximum Gasteiger partial charge on any atom is 0.347 e. The molecule has 0 amide bonds. The minimum atomic E-state index is -0.785. The van der Waals surface area contributed by atoms with E-state index in [1.807, 2.05) is 0 Å². The molecule has 2 aromatic rings. The van der Waals surface area contributed by atoms with Gasteiger partial charge in [0.2, 0.25) is 5.78 Å². The van der Waals surface area contributed by atoms with E-state index in [2.05, 4.69) is 0 Å². The van der Waals surface area contributed by atoms with Gasteiger partial charge >= 0.3 is 5.97 Å². The number of Topliss-reactive ketones (excluding diaryl/α,β-unsaturated/α-hetero) is 1. The smallest absolute Gasteiger partial charge is 0.347 e. The van der Waals surface area contributed by atoms with E-state index in [4.69, 9.17) is 35.3 Å². The Morgan fingerprint density at radius 1 is 1.30 bits per heavy atom. The maximum absolute atomic E-state index is 12.8. The Morgan fingerprint density at radius 2 is 2.13 bits per heavy atom. The summed E-state index contributed by atoms with van der Waals surface area (Å²) in [5, 5.41) is 0.501. The van der Waals surface area contributed by atoms with Crippen molar-refractivity contribution < 1.29 is 33.3 Å². The molecular weight excluding hydrogens is 412 g/mol. The van der Waals surface area contributed by atoms with E-state index in [9.17, 15) is 9.59 Å². The molecule has 0 aromatic heterocycles. The second-order valence-corrected chi connectivity index (χ2v) is 7.14. The second-order valence-electron chi connectivity index (χ2n) is 6.70. The van der Waals surface area contributed by atoms with Crippen LogP contribution in [0.1, 0.15) is 35.3 Å². The molecule has 1 unspecified atom stereocenters. The molecule has 2 aliphatic rings. The van der Waals surface area contributed by atoms with Crippen molar-refractivity contribution in [3.63, 3.8) is 0 Å². The van der Waals surface area contributed by atoms with Gasteiger partial charge < -0.3 is 23.7 Å². The largest absolute Gasteiger partial charge is 0.479 e. The summed E-state index contributed by atoms with van der Waals surface area (Å²) < 4.78 is 27.2. The summed E-state index contributed by atoms with van der Waals surface area (Å²) in [4.78, 5) is 24.5. The molecule has 30 heavy (non-hydrogen) atoms. The fourth-order valence-electron chi connectivity index (χ4n) is 3.21. The molecule has 0 saturated heterocycles. The monoisotopic (exact) mass is 430 g/mol. The molecule has 0 fully saturated rings. The number of ketones is 1. The molecule has 156 valence electrons. The van der Waals surface area contributed by atoms with Crippen molar-refractivity contribution in [3.8, 4) is 17.2 Å². The van der Waals surface area contributed by atoms with Crippen molar-refractivity contribution in [2.45, 2.75) is 26.6 Å². The van der Waals surface area contributed by atoms with Gasteiger partial charge in [0.25, 0.3) is 0 Å². The van der Waals surface area contributed by atoms with Crippen molar-refractivity contribution in [2.24, 2.45) is 0 Å². The zero-order valence-electron chi connectivity index (χ0n) is 16.4. The van der Waals surface area contributed by atoms with E-state index in [0.717, 1.165) is 5.56 Å². The number of carbonyl (C=O) groups excluding carboxylic acids is 2. The van der Waals surface area contributed by atoms with Gasteiger partial charge in [-0.3, -0.25) is 4.79 Å². The molecule has 2 heterocycles. The molecule has 8 heteroatoms. The van der Waals surface area contributed by atoms with Gasteiger partial charge in [-0.25, -0.2) is 4.79 Å². The predicted molar refractivity (Wildman–Crippen MR) is 108 cm³/mol. The van der Waals surface area contributed by atoms with Gasteiger partial charge in [-0.2, -0.15) is 0 Å². The summed E-state index contributed by atoms with van der Waals surface area (Å²) in [6, 6.07) is 8.25. The molecule has 0 N–H and O–H groups in total. The topological polar surface area (TPSA) is 80.3 Å². The third kappa shape index (κ3) is 3.99. The Bertz CT molecular complexity index is 1040. The summed E-state index contributed by atoms with van der Waals surface area (Å²) in [6.45, 7) is 4.09. The number of allylic oxidation sites excluding steroid dienone is 1. The maximum atomic E-state index is 12.8. The Kier molecular flexibility index (Phi) is 5.65. The highest BCUT2D eigenvalue weighted by atomic mass is 35.5. The van der Waals surface area contributed by atoms with Crippen molar-refractivity contribution in [3.05, 3.63) is 57.8 Å². The lowest BCUT2D eigenvalue weighted by molar-refractivity contribution is -0.150. The number of hydrogen-bond acceptors (Lipinski definition) is 7. The third-order valence-corrected chi connectivity index (χ3v) is 4.78. The summed E-state index contributed by atoms with van der Waals surface area (Å²) in [6.07, 6.45) is 0.813. The van der Waals surface area contributed by atoms with Crippen LogP contribution in [0.3, 0.4) is 0 Å². The van der Waals surface area contributed by atoms with Gasteiger partial charge in [-0.1, -0.05) is 11.6 Å². The molecular formula is C22H19ClO7. The first-order valence-corrected chi connectivity index (χ1v) is 9.78. The van der Waals surface area contributed by atoms with E-state index in [1.165, 1.54) is 0 Å². The van der Waals surface area contributed by atoms with Gasteiger partial charge in [0, 0.05) is 22.2 Å². The number of rotatable bonds is 5. The Morgan fingerprint density at radius 3 is 2.93 bits per heavy atom. The van der Waals surface area contributed by atoms with Crippen LogP contribution in [0.2, 0.25) is 5.02 Å². The lowest BCUT2D eigenvalue weighted by Gasteiger charge is -2.20. The van der Waals surface area contributed by atoms with Crippen molar-refractivity contribution in [2.75, 3.05) is 13.4 Å². The lowest BCUT2D eigenvalue weighted by atomic mass is 10.1. The quantitative estimate of drug-likeness (QED) is 0.520. The van der Waals surface area contributed by atoms with Crippen molar-refractivity contribution in [1.29, 1.82) is 0 Å². The Labute approximate surface area is 178 Å². The van der Waals surface area contributed by atoms with Gasteiger partial charge in [0.15, 0.2) is 18.7 Å². The first kappa shape index (κ1) is 20.3. The highest BCUT2D eigenvalue weighted by Crippen LogP contribution is 2.38. The fraction of sp³-hybridized carbons (Fsp3) is 0.273. The second kappa shape index (κ2) is 8.38. The molecule has 0 spiro atoms. The van der Waals surface area contributed by atoms with Gasteiger partial charge in [-0.15, -0.1) is 0 Å². The van der Waals surface area contributed by atoms with Crippen molar-refractivity contribution >= 4 is 29.4 Å². The van der Waals surface area contributed by atoms with Gasteiger partial charge in [-0.05, 0) is 44.2 Å². The Hall–Kier alpha value is -3.03. The van der Waals surface area contributed by atoms with E-state index in [0.29, 0.717) is 40.0 Å². The molecule has 7 nitrogen and oxygen atoms in total. The molecule has 0 bridgehead atoms. The van der Waals surface area contributed by atoms with Crippen LogP contribution in [0.15, 0.2) is 36.1 Å². The normalized spacial score (nSPS) is 16.9. The molecule has 0 saturated carbocycles. The van der Waals surface area contributed by atoms with Crippen LogP contribution < -0.4 is 14.2 Å². The zero-order chi connectivity index (χ0) is 21.3. The van der Waals surface area contributed by atoms with E-state index < -0.39 is 12.1 Å². The number of halogens is 1. The van der Waals surface area contributed by atoms with Crippen LogP contribution in [0, 0.1) is 0 Å². The number of hydrogen-bond donors (Lipinski definition) is 0. The van der Waals surface area contributed by atoms with Crippen molar-refractivity contribution in [1.82, 2.24) is 0 Å². The number of benzene rings is 2. The predicted octanol–water partition coefficient (Wildman–Crippen LogP) is 4.15. The minimum Gasteiger partial charge on any atom is -0.479 e. The lowest BCUT2D eigenvalue weighted by Crippen LogP contribution is -2.26. The van der Waals surface area contributed by atoms with Gasteiger partial charge in [0.05, 0.1) is 18.8 Å². The first-order chi connectivity index (χ1) is 14.5. The van der Waals surface area contributed by atoms with Crippen LogP contribution in [-0.4, -0.2) is 31.3 Å². The highest BCUT2D eigenvalue weighted by molar-refractivity contribution is 6.31. The van der Waals surface area contributed by atoms with Crippen LogP contribution in [0.5, 0.6) is 17.2 Å². The van der Waals surface area contributed by atoms with Crippen LogP contribution in [0.25, 0.3) is 6.08 Å². The van der Waals surface area contributed by atoms with E-state index in [1.54, 1.807) is 50.3 Å². The molecule has 2 aromatic carbocycles. The van der Waals surface area contributed by atoms with E-state index in [-0.39, 0.29) is 24.9 Å². The first-order valence-electron chi connectivity index (χ1n) is 9.41. The number of carbonyl (C=O) groups is 2. The summed E-state index contributed by atoms with van der Waals surface area (Å²) in [5.41, 5.74) is 1.83. The SMILES string of the molecule is CCOC(=O)C(C)Oc1ccc2c(c1)OC(=Cc1cc(Cl)cc3c1OCOC3)C2=O. The summed E-state index contributed by atoms with van der Waals surface area (Å²) in [5.74, 6) is 0.753. The van der Waals surface area contributed by atoms with E-state index >= 15 is 0 Å². The Balaban J connectivity index is 1.59. The standard InChI is InChI=1S/C22H19ClO7/c1-3-27-22(25)12(2)29-16-4-5-17-18(9-16)30-19(20(17)24)8-13-6-15(23)7-14-10-26-11-28-21(13)14/h4-9,12H,3,10-11H2,1-2H3. The summed E-state index contributed by atoms with van der Waals surface area (Å²) >= 11 is 6.19.